The smallest absolute Gasteiger partial charge is 0.0231 e. The van der Waals surface area contributed by atoms with Gasteiger partial charge in [-0.15, -0.1) is 0 Å². The zero-order valence-corrected chi connectivity index (χ0v) is 11.4. The lowest BCUT2D eigenvalue weighted by Crippen LogP contribution is -2.58. The van der Waals surface area contributed by atoms with E-state index in [9.17, 15) is 0 Å². The van der Waals surface area contributed by atoms with Gasteiger partial charge >= 0.3 is 0 Å². The van der Waals surface area contributed by atoms with Crippen LogP contribution in [0.4, 0.5) is 0 Å². The third-order valence-electron chi connectivity index (χ3n) is 3.06. The molecule has 1 aliphatic rings. The highest BCUT2D eigenvalue weighted by atomic mass is 15.3. The number of hydrogen-bond acceptors (Lipinski definition) is 2. The van der Waals surface area contributed by atoms with Crippen molar-refractivity contribution in [2.75, 3.05) is 19.6 Å². The number of rotatable bonds is 1. The first-order chi connectivity index (χ1) is 6.70. The summed E-state index contributed by atoms with van der Waals surface area (Å²) in [6.45, 7) is 17.5. The molecule has 1 atom stereocenters. The third kappa shape index (κ3) is 4.12. The Labute approximate surface area is 95.4 Å². The second kappa shape index (κ2) is 4.42. The van der Waals surface area contributed by atoms with E-state index < -0.39 is 0 Å². The van der Waals surface area contributed by atoms with Crippen molar-refractivity contribution in [3.05, 3.63) is 0 Å². The van der Waals surface area contributed by atoms with Gasteiger partial charge in [-0.25, -0.2) is 0 Å². The van der Waals surface area contributed by atoms with Crippen molar-refractivity contribution in [1.29, 1.82) is 0 Å². The zero-order valence-electron chi connectivity index (χ0n) is 11.4. The lowest BCUT2D eigenvalue weighted by Gasteiger charge is -2.46. The Kier molecular flexibility index (Phi) is 3.83. The SMILES string of the molecule is CC(C)(C)CC1CNCCN1C(C)(C)C. The van der Waals surface area contributed by atoms with Gasteiger partial charge < -0.3 is 5.32 Å². The summed E-state index contributed by atoms with van der Waals surface area (Å²) in [5.41, 5.74) is 0.727. The molecule has 1 rings (SSSR count). The van der Waals surface area contributed by atoms with Crippen LogP contribution in [0.2, 0.25) is 0 Å². The maximum absolute atomic E-state index is 3.52. The Morgan fingerprint density at radius 2 is 1.73 bits per heavy atom. The quantitative estimate of drug-likeness (QED) is 0.718. The summed E-state index contributed by atoms with van der Waals surface area (Å²) >= 11 is 0. The monoisotopic (exact) mass is 212 g/mol. The van der Waals surface area contributed by atoms with Crippen LogP contribution in [-0.2, 0) is 0 Å². The molecule has 0 aromatic heterocycles. The first-order valence-electron chi connectivity index (χ1n) is 6.18. The number of nitrogens with zero attached hydrogens (tertiary/aromatic N) is 1. The normalized spacial score (nSPS) is 25.6. The molecule has 1 unspecified atom stereocenters. The summed E-state index contributed by atoms with van der Waals surface area (Å²) < 4.78 is 0. The molecule has 0 amide bonds. The van der Waals surface area contributed by atoms with E-state index in [-0.39, 0.29) is 0 Å². The van der Waals surface area contributed by atoms with Crippen LogP contribution in [0, 0.1) is 5.41 Å². The van der Waals surface area contributed by atoms with E-state index in [2.05, 4.69) is 51.8 Å². The largest absolute Gasteiger partial charge is 0.314 e. The minimum Gasteiger partial charge on any atom is -0.314 e. The predicted octanol–water partition coefficient (Wildman–Crippen LogP) is 2.49. The van der Waals surface area contributed by atoms with Gasteiger partial charge in [-0.3, -0.25) is 4.90 Å². The van der Waals surface area contributed by atoms with Crippen molar-refractivity contribution in [2.24, 2.45) is 5.41 Å². The predicted molar refractivity (Wildman–Crippen MR) is 67.2 cm³/mol. The molecule has 1 fully saturated rings. The van der Waals surface area contributed by atoms with E-state index in [4.69, 9.17) is 0 Å². The highest BCUT2D eigenvalue weighted by Gasteiger charge is 2.33. The molecule has 1 aliphatic heterocycles. The van der Waals surface area contributed by atoms with Gasteiger partial charge in [0.1, 0.15) is 0 Å². The standard InChI is InChI=1S/C13H28N2/c1-12(2,3)9-11-10-14-7-8-15(11)13(4,5)6/h11,14H,7-10H2,1-6H3. The number of nitrogens with one attached hydrogen (secondary N) is 1. The molecule has 0 radical (unpaired) electrons. The van der Waals surface area contributed by atoms with Gasteiger partial charge in [-0.2, -0.15) is 0 Å². The van der Waals surface area contributed by atoms with Gasteiger partial charge in [0.15, 0.2) is 0 Å². The van der Waals surface area contributed by atoms with Crippen LogP contribution in [0.15, 0.2) is 0 Å². The molecule has 0 aromatic rings. The highest BCUT2D eigenvalue weighted by Crippen LogP contribution is 2.28. The average molecular weight is 212 g/mol. The molecule has 0 aromatic carbocycles. The molecule has 2 nitrogen and oxygen atoms in total. The summed E-state index contributed by atoms with van der Waals surface area (Å²) in [4.78, 5) is 2.66. The average Bonchev–Trinajstić information content (AvgIpc) is 1.99. The van der Waals surface area contributed by atoms with Gasteiger partial charge in [-0.1, -0.05) is 20.8 Å². The van der Waals surface area contributed by atoms with Crippen molar-refractivity contribution in [2.45, 2.75) is 59.5 Å². The lowest BCUT2D eigenvalue weighted by molar-refractivity contribution is 0.0399. The highest BCUT2D eigenvalue weighted by molar-refractivity contribution is 4.90. The number of piperazine rings is 1. The third-order valence-corrected chi connectivity index (χ3v) is 3.06. The van der Waals surface area contributed by atoms with Crippen molar-refractivity contribution in [1.82, 2.24) is 10.2 Å². The molecule has 2 heteroatoms. The first kappa shape index (κ1) is 13.0. The van der Waals surface area contributed by atoms with Crippen LogP contribution >= 0.6 is 0 Å². The molecule has 0 aliphatic carbocycles. The summed E-state index contributed by atoms with van der Waals surface area (Å²) in [6.07, 6.45) is 1.28. The van der Waals surface area contributed by atoms with Crippen LogP contribution in [0.25, 0.3) is 0 Å². The van der Waals surface area contributed by atoms with Crippen LogP contribution in [0.3, 0.4) is 0 Å². The van der Waals surface area contributed by atoms with E-state index in [1.165, 1.54) is 13.0 Å². The Hall–Kier alpha value is -0.0800. The summed E-state index contributed by atoms with van der Waals surface area (Å²) in [5.74, 6) is 0. The lowest BCUT2D eigenvalue weighted by atomic mass is 9.85. The van der Waals surface area contributed by atoms with Crippen molar-refractivity contribution in [3.8, 4) is 0 Å². The molecule has 15 heavy (non-hydrogen) atoms. The maximum atomic E-state index is 3.52. The maximum Gasteiger partial charge on any atom is 0.0231 e. The fraction of sp³-hybridized carbons (Fsp3) is 1.00. The summed E-state index contributed by atoms with van der Waals surface area (Å²) in [5, 5.41) is 3.52. The van der Waals surface area contributed by atoms with Crippen LogP contribution < -0.4 is 5.32 Å². The van der Waals surface area contributed by atoms with Gasteiger partial charge in [0.05, 0.1) is 0 Å². The van der Waals surface area contributed by atoms with E-state index >= 15 is 0 Å². The van der Waals surface area contributed by atoms with Gasteiger partial charge in [0.2, 0.25) is 0 Å². The summed E-state index contributed by atoms with van der Waals surface area (Å²) in [6, 6.07) is 0.693. The minimum atomic E-state index is 0.304. The second-order valence-corrected chi connectivity index (χ2v) is 6.99. The van der Waals surface area contributed by atoms with Crippen molar-refractivity contribution in [3.63, 3.8) is 0 Å². The number of hydrogen-bond donors (Lipinski definition) is 1. The molecule has 90 valence electrons. The fourth-order valence-corrected chi connectivity index (χ4v) is 2.53. The van der Waals surface area contributed by atoms with Gasteiger partial charge in [-0.05, 0) is 32.6 Å². The van der Waals surface area contributed by atoms with Gasteiger partial charge in [0.25, 0.3) is 0 Å². The molecule has 0 bridgehead atoms. The first-order valence-corrected chi connectivity index (χ1v) is 6.18. The zero-order chi connectivity index (χ0) is 11.7. The van der Waals surface area contributed by atoms with E-state index in [0.29, 0.717) is 17.0 Å². The van der Waals surface area contributed by atoms with Crippen molar-refractivity contribution >= 4 is 0 Å². The second-order valence-electron chi connectivity index (χ2n) is 6.99. The molecule has 0 saturated carbocycles. The van der Waals surface area contributed by atoms with Crippen LogP contribution in [0.5, 0.6) is 0 Å². The van der Waals surface area contributed by atoms with Crippen LogP contribution in [-0.4, -0.2) is 36.1 Å². The Morgan fingerprint density at radius 3 is 2.20 bits per heavy atom. The Bertz CT molecular complexity index is 198. The fourth-order valence-electron chi connectivity index (χ4n) is 2.53. The molecular formula is C13H28N2. The van der Waals surface area contributed by atoms with Crippen molar-refractivity contribution < 1.29 is 0 Å². The van der Waals surface area contributed by atoms with E-state index in [1.54, 1.807) is 0 Å². The molecule has 1 saturated heterocycles. The Balaban J connectivity index is 2.66. The minimum absolute atomic E-state index is 0.304. The molecule has 1 heterocycles. The summed E-state index contributed by atoms with van der Waals surface area (Å²) in [7, 11) is 0. The topological polar surface area (TPSA) is 15.3 Å². The van der Waals surface area contributed by atoms with E-state index in [1.807, 2.05) is 0 Å². The van der Waals surface area contributed by atoms with E-state index in [0.717, 1.165) is 13.1 Å². The van der Waals surface area contributed by atoms with Crippen LogP contribution in [0.1, 0.15) is 48.0 Å². The molecule has 0 spiro atoms. The molecule has 1 N–H and O–H groups in total. The van der Waals surface area contributed by atoms with Gasteiger partial charge in [0, 0.05) is 31.2 Å². The Morgan fingerprint density at radius 1 is 1.13 bits per heavy atom. The molecular weight excluding hydrogens is 184 g/mol.